The van der Waals surface area contributed by atoms with Crippen LogP contribution in [0, 0.1) is 6.92 Å². The molecule has 150 valence electrons. The van der Waals surface area contributed by atoms with Gasteiger partial charge >= 0.3 is 0 Å². The van der Waals surface area contributed by atoms with Gasteiger partial charge in [0.2, 0.25) is 11.9 Å². The summed E-state index contributed by atoms with van der Waals surface area (Å²) in [6.07, 6.45) is 0. The van der Waals surface area contributed by atoms with Crippen molar-refractivity contribution < 1.29 is 14.6 Å². The highest BCUT2D eigenvalue weighted by Crippen LogP contribution is 2.37. The number of benzene rings is 2. The second-order valence-corrected chi connectivity index (χ2v) is 7.78. The smallest absolute Gasteiger partial charge is 0.245 e. The molecule has 0 spiro atoms. The number of nitrogens with two attached hydrogens (primary N) is 1. The number of aryl methyl sites for hydroxylation is 1. The molecular formula is C20H21N5O3S. The Morgan fingerprint density at radius 2 is 2.10 bits per heavy atom. The maximum Gasteiger partial charge on any atom is 0.245 e. The predicted molar refractivity (Wildman–Crippen MR) is 111 cm³/mol. The van der Waals surface area contributed by atoms with Crippen LogP contribution >= 0.6 is 11.8 Å². The Bertz CT molecular complexity index is 1090. The number of hydrogen-bond donors (Lipinski definition) is 3. The van der Waals surface area contributed by atoms with E-state index in [1.165, 1.54) is 22.7 Å². The first kappa shape index (κ1) is 19.6. The summed E-state index contributed by atoms with van der Waals surface area (Å²) in [5, 5.41) is 14.1. The van der Waals surface area contributed by atoms with Gasteiger partial charge in [-0.1, -0.05) is 36.0 Å². The molecule has 0 fully saturated rings. The molecule has 29 heavy (non-hydrogen) atoms. The molecule has 2 aromatic carbocycles. The van der Waals surface area contributed by atoms with Crippen molar-refractivity contribution in [3.05, 3.63) is 41.0 Å². The summed E-state index contributed by atoms with van der Waals surface area (Å²) < 4.78 is 5.69. The van der Waals surface area contributed by atoms with E-state index in [0.717, 1.165) is 22.1 Å². The van der Waals surface area contributed by atoms with Crippen molar-refractivity contribution in [2.45, 2.75) is 25.3 Å². The maximum absolute atomic E-state index is 11.1. The summed E-state index contributed by atoms with van der Waals surface area (Å²) >= 11 is 1.37. The van der Waals surface area contributed by atoms with E-state index < -0.39 is 12.5 Å². The Balaban J connectivity index is 1.70. The largest absolute Gasteiger partial charge is 0.387 e. The SMILES string of the molecule is Cc1cc2c3c(cccc3c1-c1nc(N)nc(SCCNC(=O)CO)n1)COC2. The highest BCUT2D eigenvalue weighted by atomic mass is 32.2. The lowest BCUT2D eigenvalue weighted by atomic mass is 9.91. The number of carbonyl (C=O) groups is 1. The van der Waals surface area contributed by atoms with E-state index in [0.29, 0.717) is 36.5 Å². The number of aliphatic hydroxyl groups excluding tert-OH is 1. The minimum Gasteiger partial charge on any atom is -0.387 e. The standard InChI is InChI=1S/C20H21N5O3S/c1-11-7-13-10-28-9-12-3-2-4-14(17(12)13)16(11)18-23-19(21)25-20(24-18)29-6-5-22-15(27)8-26/h2-4,7,26H,5-6,8-10H2,1H3,(H,22,27)(H2,21,23,24,25). The van der Waals surface area contributed by atoms with Gasteiger partial charge in [0, 0.05) is 17.9 Å². The lowest BCUT2D eigenvalue weighted by molar-refractivity contribution is -0.123. The van der Waals surface area contributed by atoms with E-state index >= 15 is 0 Å². The first-order valence-corrected chi connectivity index (χ1v) is 10.2. The fraction of sp³-hybridized carbons (Fsp3) is 0.300. The number of aromatic nitrogens is 3. The van der Waals surface area contributed by atoms with Crippen LogP contribution in [0.4, 0.5) is 5.95 Å². The highest BCUT2D eigenvalue weighted by Gasteiger charge is 2.20. The topological polar surface area (TPSA) is 123 Å². The van der Waals surface area contributed by atoms with Crippen LogP contribution in [0.25, 0.3) is 22.2 Å². The summed E-state index contributed by atoms with van der Waals surface area (Å²) in [4.78, 5) is 24.3. The molecule has 1 aliphatic heterocycles. The van der Waals surface area contributed by atoms with Crippen molar-refractivity contribution in [2.75, 3.05) is 24.6 Å². The third kappa shape index (κ3) is 4.02. The van der Waals surface area contributed by atoms with Crippen molar-refractivity contribution in [3.8, 4) is 11.4 Å². The fourth-order valence-corrected chi connectivity index (χ4v) is 4.24. The molecule has 8 nitrogen and oxygen atoms in total. The lowest BCUT2D eigenvalue weighted by Crippen LogP contribution is -2.28. The van der Waals surface area contributed by atoms with Crippen molar-refractivity contribution >= 4 is 34.4 Å². The fourth-order valence-electron chi connectivity index (χ4n) is 3.54. The Morgan fingerprint density at radius 1 is 1.28 bits per heavy atom. The summed E-state index contributed by atoms with van der Waals surface area (Å²) in [6, 6.07) is 8.29. The summed E-state index contributed by atoms with van der Waals surface area (Å²) in [7, 11) is 0. The van der Waals surface area contributed by atoms with Crippen molar-refractivity contribution in [1.82, 2.24) is 20.3 Å². The molecule has 2 heterocycles. The Hall–Kier alpha value is -2.75. The molecule has 1 aromatic heterocycles. The van der Waals surface area contributed by atoms with Gasteiger partial charge in [-0.05, 0) is 34.4 Å². The van der Waals surface area contributed by atoms with Gasteiger partial charge in [0.25, 0.3) is 0 Å². The van der Waals surface area contributed by atoms with Crippen molar-refractivity contribution in [2.24, 2.45) is 0 Å². The second-order valence-electron chi connectivity index (χ2n) is 6.72. The number of aliphatic hydroxyl groups is 1. The molecule has 0 aliphatic carbocycles. The van der Waals surface area contributed by atoms with E-state index in [4.69, 9.17) is 15.6 Å². The molecule has 9 heteroatoms. The first-order chi connectivity index (χ1) is 14.1. The maximum atomic E-state index is 11.1. The zero-order valence-corrected chi connectivity index (χ0v) is 16.8. The molecule has 0 atom stereocenters. The summed E-state index contributed by atoms with van der Waals surface area (Å²) in [6.45, 7) is 3.08. The van der Waals surface area contributed by atoms with Gasteiger partial charge in [0.05, 0.1) is 13.2 Å². The Morgan fingerprint density at radius 3 is 2.93 bits per heavy atom. The number of rotatable bonds is 6. The van der Waals surface area contributed by atoms with Gasteiger partial charge in [-0.2, -0.15) is 9.97 Å². The van der Waals surface area contributed by atoms with Gasteiger partial charge in [-0.3, -0.25) is 4.79 Å². The molecule has 0 saturated carbocycles. The van der Waals surface area contributed by atoms with E-state index in [2.05, 4.69) is 38.5 Å². The second kappa shape index (κ2) is 8.32. The third-order valence-electron chi connectivity index (χ3n) is 4.70. The molecule has 0 radical (unpaired) electrons. The number of ether oxygens (including phenoxy) is 1. The number of carbonyl (C=O) groups excluding carboxylic acids is 1. The Kier molecular flexibility index (Phi) is 5.61. The molecular weight excluding hydrogens is 390 g/mol. The average molecular weight is 411 g/mol. The van der Waals surface area contributed by atoms with Crippen LogP contribution in [-0.4, -0.2) is 44.9 Å². The number of thioether (sulfide) groups is 1. The molecule has 1 amide bonds. The molecule has 3 aromatic rings. The lowest BCUT2D eigenvalue weighted by Gasteiger charge is -2.21. The zero-order chi connectivity index (χ0) is 20.4. The summed E-state index contributed by atoms with van der Waals surface area (Å²) in [5.74, 6) is 0.825. The van der Waals surface area contributed by atoms with Gasteiger partial charge < -0.3 is 20.9 Å². The molecule has 4 N–H and O–H groups in total. The number of nitrogens with one attached hydrogen (secondary N) is 1. The zero-order valence-electron chi connectivity index (χ0n) is 15.9. The van der Waals surface area contributed by atoms with Crippen LogP contribution in [0.2, 0.25) is 0 Å². The molecule has 0 saturated heterocycles. The van der Waals surface area contributed by atoms with E-state index in [1.54, 1.807) is 0 Å². The normalized spacial score (nSPS) is 12.9. The number of hydrogen-bond acceptors (Lipinski definition) is 8. The van der Waals surface area contributed by atoms with Crippen LogP contribution in [-0.2, 0) is 22.7 Å². The average Bonchev–Trinajstić information content (AvgIpc) is 2.71. The Labute approximate surface area is 171 Å². The number of nitrogens with zero attached hydrogens (tertiary/aromatic N) is 3. The number of anilines is 1. The van der Waals surface area contributed by atoms with Crippen LogP contribution in [0.15, 0.2) is 29.4 Å². The monoisotopic (exact) mass is 411 g/mol. The van der Waals surface area contributed by atoms with Crippen molar-refractivity contribution in [3.63, 3.8) is 0 Å². The van der Waals surface area contributed by atoms with Crippen LogP contribution in [0.3, 0.4) is 0 Å². The molecule has 4 rings (SSSR count). The van der Waals surface area contributed by atoms with E-state index in [9.17, 15) is 4.79 Å². The van der Waals surface area contributed by atoms with Crippen LogP contribution in [0.5, 0.6) is 0 Å². The van der Waals surface area contributed by atoms with E-state index in [1.807, 2.05) is 13.0 Å². The van der Waals surface area contributed by atoms with Gasteiger partial charge in [0.1, 0.15) is 6.61 Å². The quantitative estimate of drug-likeness (QED) is 0.415. The molecule has 0 unspecified atom stereocenters. The van der Waals surface area contributed by atoms with Crippen LogP contribution in [0.1, 0.15) is 16.7 Å². The van der Waals surface area contributed by atoms with E-state index in [-0.39, 0.29) is 5.95 Å². The van der Waals surface area contributed by atoms with Gasteiger partial charge in [-0.25, -0.2) is 4.98 Å². The molecule has 0 bridgehead atoms. The van der Waals surface area contributed by atoms with Crippen molar-refractivity contribution in [1.29, 1.82) is 0 Å². The minimum atomic E-state index is -0.525. The minimum absolute atomic E-state index is 0.153. The third-order valence-corrected chi connectivity index (χ3v) is 5.55. The van der Waals surface area contributed by atoms with Crippen LogP contribution < -0.4 is 11.1 Å². The highest BCUT2D eigenvalue weighted by molar-refractivity contribution is 7.99. The number of nitrogen functional groups attached to an aromatic ring is 1. The summed E-state index contributed by atoms with van der Waals surface area (Å²) in [5.41, 5.74) is 10.3. The van der Waals surface area contributed by atoms with Gasteiger partial charge in [0.15, 0.2) is 11.0 Å². The predicted octanol–water partition coefficient (Wildman–Crippen LogP) is 1.81. The first-order valence-electron chi connectivity index (χ1n) is 9.21. The number of amides is 1. The molecule has 1 aliphatic rings. The van der Waals surface area contributed by atoms with Gasteiger partial charge in [-0.15, -0.1) is 0 Å².